The summed E-state index contributed by atoms with van der Waals surface area (Å²) in [6, 6.07) is 0. The van der Waals surface area contributed by atoms with Gasteiger partial charge in [0, 0.05) is 4.88 Å². The molecule has 0 radical (unpaired) electrons. The number of hydrogen-bond donors (Lipinski definition) is 2. The molecule has 3 nitrogen and oxygen atoms in total. The molecule has 1 aromatic rings. The summed E-state index contributed by atoms with van der Waals surface area (Å²) in [7, 11) is 0. The molecule has 0 spiro atoms. The number of nitrogens with one attached hydrogen (secondary N) is 1. The molecule has 0 atom stereocenters. The molecule has 13 heavy (non-hydrogen) atoms. The molecule has 1 N–H and O–H groups in total. The first-order valence-corrected chi connectivity index (χ1v) is 5.49. The maximum atomic E-state index is 11.0. The van der Waals surface area contributed by atoms with Crippen LogP contribution in [0.1, 0.15) is 17.5 Å². The van der Waals surface area contributed by atoms with Crippen LogP contribution in [-0.2, 0) is 11.2 Å². The number of aromatic nitrogens is 1. The highest BCUT2D eigenvalue weighted by atomic mass is 32.1. The van der Waals surface area contributed by atoms with Gasteiger partial charge in [-0.05, 0) is 13.3 Å². The average Bonchev–Trinajstić information content (AvgIpc) is 2.46. The lowest BCUT2D eigenvalue weighted by molar-refractivity contribution is -0.113. The monoisotopic (exact) mass is 216 g/mol. The summed E-state index contributed by atoms with van der Waals surface area (Å²) in [6.07, 6.45) is 0.902. The molecule has 5 heteroatoms. The normalized spacial score (nSPS) is 10.1. The summed E-state index contributed by atoms with van der Waals surface area (Å²) in [6.45, 7) is 4.05. The van der Waals surface area contributed by atoms with Gasteiger partial charge in [-0.1, -0.05) is 6.92 Å². The summed E-state index contributed by atoms with van der Waals surface area (Å²) in [5.74, 6) is 0.0832. The number of thiazole rings is 1. The Labute approximate surface area is 87.0 Å². The van der Waals surface area contributed by atoms with E-state index in [-0.39, 0.29) is 11.7 Å². The topological polar surface area (TPSA) is 42.0 Å². The lowest BCUT2D eigenvalue weighted by atomic mass is 10.3. The molecule has 0 unspecified atom stereocenters. The zero-order chi connectivity index (χ0) is 9.84. The average molecular weight is 216 g/mol. The largest absolute Gasteiger partial charge is 0.301 e. The molecule has 0 bridgehead atoms. The Morgan fingerprint density at radius 1 is 1.69 bits per heavy atom. The molecule has 0 aliphatic rings. The number of thiol groups is 1. The fraction of sp³-hybridized carbons (Fsp3) is 0.500. The van der Waals surface area contributed by atoms with Gasteiger partial charge in [0.15, 0.2) is 5.13 Å². The SMILES string of the molecule is CCc1nc(NC(=O)CS)sc1C. The van der Waals surface area contributed by atoms with Gasteiger partial charge >= 0.3 is 0 Å². The van der Waals surface area contributed by atoms with Gasteiger partial charge < -0.3 is 5.32 Å². The number of amides is 1. The fourth-order valence-electron chi connectivity index (χ4n) is 0.968. The van der Waals surface area contributed by atoms with Crippen molar-refractivity contribution in [3.63, 3.8) is 0 Å². The van der Waals surface area contributed by atoms with Gasteiger partial charge in [-0.3, -0.25) is 4.79 Å². The number of anilines is 1. The van der Waals surface area contributed by atoms with Gasteiger partial charge in [-0.15, -0.1) is 11.3 Å². The predicted molar refractivity (Wildman–Crippen MR) is 58.7 cm³/mol. The van der Waals surface area contributed by atoms with E-state index in [0.29, 0.717) is 5.13 Å². The number of hydrogen-bond acceptors (Lipinski definition) is 4. The van der Waals surface area contributed by atoms with Crippen molar-refractivity contribution in [3.05, 3.63) is 10.6 Å². The van der Waals surface area contributed by atoms with Crippen LogP contribution in [0.2, 0.25) is 0 Å². The van der Waals surface area contributed by atoms with E-state index in [9.17, 15) is 4.79 Å². The van der Waals surface area contributed by atoms with Crippen molar-refractivity contribution in [1.29, 1.82) is 0 Å². The molecule has 0 fully saturated rings. The quantitative estimate of drug-likeness (QED) is 0.758. The Morgan fingerprint density at radius 3 is 2.85 bits per heavy atom. The van der Waals surface area contributed by atoms with Gasteiger partial charge in [-0.25, -0.2) is 4.98 Å². The predicted octanol–water partition coefficient (Wildman–Crippen LogP) is 1.88. The van der Waals surface area contributed by atoms with Crippen molar-refractivity contribution in [2.24, 2.45) is 0 Å². The molecular formula is C8H12N2OS2. The van der Waals surface area contributed by atoms with Crippen molar-refractivity contribution < 1.29 is 4.79 Å². The van der Waals surface area contributed by atoms with E-state index in [1.165, 1.54) is 11.3 Å². The van der Waals surface area contributed by atoms with Gasteiger partial charge in [-0.2, -0.15) is 12.6 Å². The Kier molecular flexibility index (Phi) is 3.74. The number of carbonyl (C=O) groups excluding carboxylic acids is 1. The molecule has 72 valence electrons. The van der Waals surface area contributed by atoms with E-state index >= 15 is 0 Å². The zero-order valence-corrected chi connectivity index (χ0v) is 9.34. The molecule has 1 heterocycles. The molecule has 0 aromatic carbocycles. The molecular weight excluding hydrogens is 204 g/mol. The minimum absolute atomic E-state index is 0.111. The van der Waals surface area contributed by atoms with Crippen LogP contribution in [0.25, 0.3) is 0 Å². The van der Waals surface area contributed by atoms with Crippen LogP contribution in [0.3, 0.4) is 0 Å². The molecule has 1 amide bonds. The van der Waals surface area contributed by atoms with Crippen LogP contribution in [0.5, 0.6) is 0 Å². The molecule has 0 saturated carbocycles. The van der Waals surface area contributed by atoms with Crippen LogP contribution in [0.4, 0.5) is 5.13 Å². The number of aryl methyl sites for hydroxylation is 2. The van der Waals surface area contributed by atoms with Crippen molar-refractivity contribution >= 4 is 35.0 Å². The minimum atomic E-state index is -0.111. The Hall–Kier alpha value is -0.550. The highest BCUT2D eigenvalue weighted by molar-refractivity contribution is 7.81. The third kappa shape index (κ3) is 2.70. The second-order valence-corrected chi connectivity index (χ2v) is 4.10. The van der Waals surface area contributed by atoms with Crippen LogP contribution in [0, 0.1) is 6.92 Å². The van der Waals surface area contributed by atoms with Gasteiger partial charge in [0.05, 0.1) is 11.4 Å². The first kappa shape index (κ1) is 10.5. The second kappa shape index (κ2) is 4.62. The van der Waals surface area contributed by atoms with Crippen molar-refractivity contribution in [1.82, 2.24) is 4.98 Å². The summed E-state index contributed by atoms with van der Waals surface area (Å²) in [5.41, 5.74) is 1.06. The van der Waals surface area contributed by atoms with Crippen LogP contribution in [-0.4, -0.2) is 16.6 Å². The lowest BCUT2D eigenvalue weighted by Gasteiger charge is -1.95. The van der Waals surface area contributed by atoms with E-state index < -0.39 is 0 Å². The molecule has 1 rings (SSSR count). The van der Waals surface area contributed by atoms with Crippen LogP contribution >= 0.6 is 24.0 Å². The van der Waals surface area contributed by atoms with Crippen LogP contribution < -0.4 is 5.32 Å². The fourth-order valence-corrected chi connectivity index (χ4v) is 1.97. The Bertz CT molecular complexity index is 309. The third-order valence-electron chi connectivity index (χ3n) is 1.62. The third-order valence-corrected chi connectivity index (χ3v) is 2.83. The van der Waals surface area contributed by atoms with Gasteiger partial charge in [0.25, 0.3) is 0 Å². The molecule has 1 aromatic heterocycles. The van der Waals surface area contributed by atoms with E-state index in [1.807, 2.05) is 13.8 Å². The van der Waals surface area contributed by atoms with Crippen molar-refractivity contribution in [2.75, 3.05) is 11.1 Å². The molecule has 0 saturated heterocycles. The highest BCUT2D eigenvalue weighted by Crippen LogP contribution is 2.22. The minimum Gasteiger partial charge on any atom is -0.301 e. The Balaban J connectivity index is 2.73. The number of nitrogens with zero attached hydrogens (tertiary/aromatic N) is 1. The smallest absolute Gasteiger partial charge is 0.235 e. The van der Waals surface area contributed by atoms with Gasteiger partial charge in [0.1, 0.15) is 0 Å². The van der Waals surface area contributed by atoms with Crippen LogP contribution in [0.15, 0.2) is 0 Å². The first-order valence-electron chi connectivity index (χ1n) is 4.04. The van der Waals surface area contributed by atoms with E-state index in [0.717, 1.165) is 17.0 Å². The zero-order valence-electron chi connectivity index (χ0n) is 7.63. The maximum absolute atomic E-state index is 11.0. The summed E-state index contributed by atoms with van der Waals surface area (Å²) in [4.78, 5) is 16.4. The molecule has 0 aliphatic heterocycles. The summed E-state index contributed by atoms with van der Waals surface area (Å²) < 4.78 is 0. The van der Waals surface area contributed by atoms with Crippen molar-refractivity contribution in [3.8, 4) is 0 Å². The summed E-state index contributed by atoms with van der Waals surface area (Å²) in [5, 5.41) is 3.35. The van der Waals surface area contributed by atoms with E-state index in [1.54, 1.807) is 0 Å². The standard InChI is InChI=1S/C8H12N2OS2/c1-3-6-5(2)13-8(9-6)10-7(11)4-12/h12H,3-4H2,1-2H3,(H,9,10,11). The Morgan fingerprint density at radius 2 is 2.38 bits per heavy atom. The molecule has 0 aliphatic carbocycles. The summed E-state index contributed by atoms with van der Waals surface area (Å²) >= 11 is 5.37. The number of carbonyl (C=O) groups is 1. The highest BCUT2D eigenvalue weighted by Gasteiger charge is 2.07. The second-order valence-electron chi connectivity index (χ2n) is 2.58. The van der Waals surface area contributed by atoms with Gasteiger partial charge in [0.2, 0.25) is 5.91 Å². The van der Waals surface area contributed by atoms with Crippen molar-refractivity contribution in [2.45, 2.75) is 20.3 Å². The van der Waals surface area contributed by atoms with E-state index in [2.05, 4.69) is 22.9 Å². The number of rotatable bonds is 3. The maximum Gasteiger partial charge on any atom is 0.235 e. The lowest BCUT2D eigenvalue weighted by Crippen LogP contribution is -2.12. The van der Waals surface area contributed by atoms with E-state index in [4.69, 9.17) is 0 Å². The first-order chi connectivity index (χ1) is 6.17.